The molecular weight excluding hydrogens is 1290 g/mol. The molecule has 4 aromatic carbocycles. The quantitative estimate of drug-likeness (QED) is 0.0246. The second-order valence-electron chi connectivity index (χ2n) is 27.6. The van der Waals surface area contributed by atoms with Gasteiger partial charge in [0.1, 0.15) is 34.6 Å². The number of H-pyrrole nitrogens is 1. The molecule has 4 aromatic heterocycles. The van der Waals surface area contributed by atoms with Crippen molar-refractivity contribution in [1.82, 2.24) is 29.9 Å². The average molecular weight is 1400 g/mol. The van der Waals surface area contributed by atoms with E-state index in [4.69, 9.17) is 21.7 Å². The number of fused-ring (bicyclic) bond motifs is 2. The van der Waals surface area contributed by atoms with Gasteiger partial charge in [-0.1, -0.05) is 245 Å². The SMILES string of the molecule is CCCCCCCCN(CCCCCCCC)c1ccc(N=Nc2c(C#N)c(C(C)(C)C)nn2-c2nc3ccccc3s2)c(NC(C)=O)c1.CCCCCCCCN(CCCCCCCC)c1ccc(N=Nc2n[nH]c(C(C)(C)C)c2C#N)c(NC(C)=O)c1.Clc1nc2ccccc2s1. The number of nitrogens with one attached hydrogen (secondary N) is 3. The molecule has 4 heterocycles. The van der Waals surface area contributed by atoms with Crippen molar-refractivity contribution in [3.05, 3.63) is 112 Å². The molecular formula is C78H109ClN16O2S2. The number of carbonyl (C=O) groups is 2. The minimum Gasteiger partial charge on any atom is -0.371 e. The Morgan fingerprint density at radius 1 is 0.535 bits per heavy atom. The normalized spacial score (nSPS) is 11.6. The Balaban J connectivity index is 0.000000276. The maximum absolute atomic E-state index is 12.4. The van der Waals surface area contributed by atoms with E-state index in [2.05, 4.69) is 108 Å². The maximum atomic E-state index is 12.4. The predicted molar refractivity (Wildman–Crippen MR) is 415 cm³/mol. The minimum atomic E-state index is -0.407. The highest BCUT2D eigenvalue weighted by Crippen LogP contribution is 2.39. The van der Waals surface area contributed by atoms with E-state index in [1.165, 1.54) is 165 Å². The van der Waals surface area contributed by atoms with Gasteiger partial charge in [-0.3, -0.25) is 14.7 Å². The summed E-state index contributed by atoms with van der Waals surface area (Å²) in [5, 5.41) is 56.5. The number of carbonyl (C=O) groups excluding carboxylic acids is 2. The molecule has 0 aliphatic heterocycles. The van der Waals surface area contributed by atoms with Crippen LogP contribution < -0.4 is 20.4 Å². The molecule has 8 aromatic rings. The number of anilines is 4. The number of thiazole rings is 2. The third-order valence-corrected chi connectivity index (χ3v) is 19.1. The number of hydrogen-bond acceptors (Lipinski definition) is 16. The number of aromatic nitrogens is 6. The second kappa shape index (κ2) is 42.3. The van der Waals surface area contributed by atoms with E-state index in [0.717, 1.165) is 89.4 Å². The van der Waals surface area contributed by atoms with Crippen LogP contribution in [0.4, 0.5) is 45.8 Å². The molecule has 532 valence electrons. The van der Waals surface area contributed by atoms with Crippen molar-refractivity contribution in [2.75, 3.05) is 46.6 Å². The highest BCUT2D eigenvalue weighted by Gasteiger charge is 2.30. The van der Waals surface area contributed by atoms with Crippen molar-refractivity contribution in [1.29, 1.82) is 10.5 Å². The Kier molecular flexibility index (Phi) is 34.2. The number of nitriles is 2. The molecule has 0 spiro atoms. The third-order valence-electron chi connectivity index (χ3n) is 17.0. The Labute approximate surface area is 603 Å². The zero-order valence-electron chi connectivity index (χ0n) is 61.2. The maximum Gasteiger partial charge on any atom is 0.221 e. The van der Waals surface area contributed by atoms with E-state index in [-0.39, 0.29) is 23.0 Å². The van der Waals surface area contributed by atoms with Crippen LogP contribution in [0, 0.1) is 22.7 Å². The summed E-state index contributed by atoms with van der Waals surface area (Å²) in [5.41, 5.74) is 7.63. The largest absolute Gasteiger partial charge is 0.371 e. The predicted octanol–water partition coefficient (Wildman–Crippen LogP) is 24.0. The summed E-state index contributed by atoms with van der Waals surface area (Å²) in [5.74, 6) is 0.217. The molecule has 0 atom stereocenters. The molecule has 0 unspecified atom stereocenters. The van der Waals surface area contributed by atoms with Gasteiger partial charge in [0, 0.05) is 62.2 Å². The van der Waals surface area contributed by atoms with Crippen LogP contribution in [-0.4, -0.2) is 67.9 Å². The lowest BCUT2D eigenvalue weighted by Gasteiger charge is -2.26. The van der Waals surface area contributed by atoms with Gasteiger partial charge in [-0.05, 0) is 86.3 Å². The van der Waals surface area contributed by atoms with Gasteiger partial charge < -0.3 is 20.4 Å². The fourth-order valence-electron chi connectivity index (χ4n) is 11.6. The van der Waals surface area contributed by atoms with Crippen molar-refractivity contribution in [2.45, 2.75) is 248 Å². The molecule has 3 N–H and O–H groups in total. The number of para-hydroxylation sites is 2. The number of rotatable bonds is 37. The topological polar surface area (TPSA) is 234 Å². The van der Waals surface area contributed by atoms with Crippen LogP contribution >= 0.6 is 34.3 Å². The Bertz CT molecular complexity index is 3810. The van der Waals surface area contributed by atoms with Gasteiger partial charge in [0.25, 0.3) is 0 Å². The lowest BCUT2D eigenvalue weighted by Crippen LogP contribution is -2.26. The number of azo groups is 2. The van der Waals surface area contributed by atoms with E-state index in [1.807, 2.05) is 114 Å². The van der Waals surface area contributed by atoms with Crippen molar-refractivity contribution < 1.29 is 9.59 Å². The summed E-state index contributed by atoms with van der Waals surface area (Å²) in [4.78, 5) is 38.3. The molecule has 0 fully saturated rings. The van der Waals surface area contributed by atoms with Crippen LogP contribution in [0.25, 0.3) is 25.6 Å². The first-order valence-corrected chi connectivity index (χ1v) is 38.3. The molecule has 0 aliphatic carbocycles. The van der Waals surface area contributed by atoms with Gasteiger partial charge in [0.15, 0.2) is 10.3 Å². The summed E-state index contributed by atoms with van der Waals surface area (Å²) in [7, 11) is 0. The van der Waals surface area contributed by atoms with Crippen molar-refractivity contribution in [2.24, 2.45) is 20.5 Å². The fourth-order valence-corrected chi connectivity index (χ4v) is 13.5. The molecule has 0 saturated carbocycles. The first-order chi connectivity index (χ1) is 47.7. The molecule has 8 rings (SSSR count). The first kappa shape index (κ1) is 80.1. The van der Waals surface area contributed by atoms with E-state index >= 15 is 0 Å². The minimum absolute atomic E-state index is 0.167. The summed E-state index contributed by atoms with van der Waals surface area (Å²) < 4.78 is 4.40. The van der Waals surface area contributed by atoms with Gasteiger partial charge in [-0.2, -0.15) is 25.4 Å². The Hall–Kier alpha value is -7.91. The summed E-state index contributed by atoms with van der Waals surface area (Å²) in [6.07, 6.45) is 30.0. The summed E-state index contributed by atoms with van der Waals surface area (Å²) in [6, 6.07) is 32.3. The van der Waals surface area contributed by atoms with Crippen LogP contribution in [0.3, 0.4) is 0 Å². The highest BCUT2D eigenvalue weighted by atomic mass is 35.5. The molecule has 0 saturated heterocycles. The van der Waals surface area contributed by atoms with E-state index in [9.17, 15) is 20.1 Å². The lowest BCUT2D eigenvalue weighted by atomic mass is 9.90. The van der Waals surface area contributed by atoms with Gasteiger partial charge in [-0.25, -0.2) is 9.97 Å². The molecule has 99 heavy (non-hydrogen) atoms. The average Bonchev–Trinajstić information content (AvgIpc) is 1.62. The smallest absolute Gasteiger partial charge is 0.221 e. The van der Waals surface area contributed by atoms with Crippen molar-refractivity contribution in [3.8, 4) is 17.3 Å². The Morgan fingerprint density at radius 3 is 1.35 bits per heavy atom. The molecule has 2 amide bonds. The number of aromatic amines is 1. The zero-order chi connectivity index (χ0) is 71.6. The number of halogens is 1. The van der Waals surface area contributed by atoms with Gasteiger partial charge >= 0.3 is 0 Å². The molecule has 0 aliphatic rings. The second-order valence-corrected chi connectivity index (χ2v) is 30.2. The monoisotopic (exact) mass is 1400 g/mol. The van der Waals surface area contributed by atoms with Crippen LogP contribution in [0.1, 0.15) is 260 Å². The van der Waals surface area contributed by atoms with E-state index < -0.39 is 5.41 Å². The van der Waals surface area contributed by atoms with Gasteiger partial charge in [-0.15, -0.1) is 31.8 Å². The number of amides is 2. The summed E-state index contributed by atoms with van der Waals surface area (Å²) in [6.45, 7) is 28.0. The molecule has 21 heteroatoms. The standard InChI is InChI=1S/C39H54N8OS.C32H51N7O.C7H4ClNS/c1-7-9-11-13-15-19-25-46(26-20-16-14-12-10-8-2)30-23-24-32(34(27-30)41-29(3)48)43-44-37-31(28-40)36(39(4,5)6)45-47(37)38-42-33-21-17-18-22-35(33)49-38;1-7-9-11-13-15-17-21-39(22-18-16-14-12-10-8-2)26-19-20-28(29(23-26)34-25(3)40)35-37-31-27(24-33)30(36-38-31)32(4,5)6;8-7-9-5-3-1-2-4-6(5)10-7/h17-18,21-24,27H,7-16,19-20,25-26H2,1-6H3,(H,41,48);19-20,23H,7-18,21-22H2,1-6H3,(H,34,40)(H,36,38);1-4H. The molecule has 18 nitrogen and oxygen atoms in total. The zero-order valence-corrected chi connectivity index (χ0v) is 63.6. The molecule has 0 radical (unpaired) electrons. The number of nitrogens with zero attached hydrogens (tertiary/aromatic N) is 13. The Morgan fingerprint density at radius 2 is 0.949 bits per heavy atom. The lowest BCUT2D eigenvalue weighted by molar-refractivity contribution is -0.115. The molecule has 0 bridgehead atoms. The summed E-state index contributed by atoms with van der Waals surface area (Å²) >= 11 is 8.68. The van der Waals surface area contributed by atoms with Crippen LogP contribution in [-0.2, 0) is 20.4 Å². The third kappa shape index (κ3) is 26.3. The van der Waals surface area contributed by atoms with Crippen LogP contribution in [0.5, 0.6) is 0 Å². The van der Waals surface area contributed by atoms with Crippen LogP contribution in [0.2, 0.25) is 4.47 Å². The van der Waals surface area contributed by atoms with E-state index in [1.54, 1.807) is 4.68 Å². The van der Waals surface area contributed by atoms with E-state index in [0.29, 0.717) is 55.0 Å². The van der Waals surface area contributed by atoms with Gasteiger partial charge in [0.05, 0.1) is 43.2 Å². The first-order valence-electron chi connectivity index (χ1n) is 36.3. The van der Waals surface area contributed by atoms with Gasteiger partial charge in [0.2, 0.25) is 22.8 Å². The van der Waals surface area contributed by atoms with Crippen molar-refractivity contribution >= 4 is 112 Å². The number of hydrogen-bond donors (Lipinski definition) is 3. The fraction of sp³-hybridized carbons (Fsp3) is 0.538. The number of benzene rings is 4. The van der Waals surface area contributed by atoms with Crippen LogP contribution in [0.15, 0.2) is 105 Å². The number of unbranched alkanes of at least 4 members (excludes halogenated alkanes) is 20. The highest BCUT2D eigenvalue weighted by molar-refractivity contribution is 7.22. The van der Waals surface area contributed by atoms with Crippen molar-refractivity contribution in [3.63, 3.8) is 0 Å².